The third-order valence-corrected chi connectivity index (χ3v) is 4.80. The molecular weight excluding hydrogens is 250 g/mol. The molecule has 1 aromatic rings. The van der Waals surface area contributed by atoms with E-state index in [0.717, 1.165) is 44.6 Å². The van der Waals surface area contributed by atoms with Crippen LogP contribution in [0.25, 0.3) is 0 Å². The molecule has 0 aromatic carbocycles. The molecule has 116 valence electrons. The van der Waals surface area contributed by atoms with Gasteiger partial charge in [-0.3, -0.25) is 4.90 Å². The quantitative estimate of drug-likeness (QED) is 0.756. The Morgan fingerprint density at radius 1 is 1.25 bits per heavy atom. The van der Waals surface area contributed by atoms with E-state index in [1.54, 1.807) is 0 Å². The lowest BCUT2D eigenvalue weighted by atomic mass is 9.82. The average Bonchev–Trinajstić information content (AvgIpc) is 2.87. The minimum atomic E-state index is -0.311. The average molecular weight is 281 g/mol. The van der Waals surface area contributed by atoms with Gasteiger partial charge in [-0.25, -0.2) is 4.98 Å². The second kappa shape index (κ2) is 7.79. The topological polar surface area (TPSA) is 41.3 Å². The van der Waals surface area contributed by atoms with E-state index in [9.17, 15) is 5.11 Å². The van der Waals surface area contributed by atoms with Crippen LogP contribution < -0.4 is 0 Å². The Morgan fingerprint density at radius 2 is 1.85 bits per heavy atom. The number of nitrogens with zero attached hydrogens (tertiary/aromatic N) is 3. The van der Waals surface area contributed by atoms with E-state index in [2.05, 4.69) is 37.6 Å². The molecular formula is C16H31N3O. The number of hydrogen-bond donors (Lipinski definition) is 1. The van der Waals surface area contributed by atoms with E-state index in [4.69, 9.17) is 0 Å². The fourth-order valence-corrected chi connectivity index (χ4v) is 3.40. The summed E-state index contributed by atoms with van der Waals surface area (Å²) < 4.78 is 2.03. The van der Waals surface area contributed by atoms with Crippen molar-refractivity contribution in [3.8, 4) is 0 Å². The zero-order valence-electron chi connectivity index (χ0n) is 13.8. The molecule has 4 heteroatoms. The monoisotopic (exact) mass is 281 g/mol. The predicted octanol–water partition coefficient (Wildman–Crippen LogP) is 2.61. The van der Waals surface area contributed by atoms with E-state index in [1.165, 1.54) is 0 Å². The predicted molar refractivity (Wildman–Crippen MR) is 83.8 cm³/mol. The first-order valence-electron chi connectivity index (χ1n) is 7.94. The summed E-state index contributed by atoms with van der Waals surface area (Å²) in [7, 11) is 2.01. The molecule has 0 aliphatic rings. The van der Waals surface area contributed by atoms with Crippen LogP contribution in [0.5, 0.6) is 0 Å². The Labute approximate surface area is 123 Å². The highest BCUT2D eigenvalue weighted by atomic mass is 16.3. The Bertz CT molecular complexity index is 381. The zero-order chi connectivity index (χ0) is 15.2. The van der Waals surface area contributed by atoms with Gasteiger partial charge in [0.25, 0.3) is 0 Å². The molecule has 0 saturated carbocycles. The summed E-state index contributed by atoms with van der Waals surface area (Å²) in [5.74, 6) is 1.05. The highest BCUT2D eigenvalue weighted by molar-refractivity contribution is 4.98. The number of aliphatic hydroxyl groups excluding tert-OH is 1. The SMILES string of the molecule is CCN(CC)C(CC)(CC)C(O)CCc1nccn1C. The fraction of sp³-hybridized carbons (Fsp3) is 0.812. The third kappa shape index (κ3) is 3.41. The van der Waals surface area contributed by atoms with Gasteiger partial charge in [-0.05, 0) is 32.4 Å². The van der Waals surface area contributed by atoms with Gasteiger partial charge in [0.15, 0.2) is 0 Å². The number of imidazole rings is 1. The van der Waals surface area contributed by atoms with Crippen LogP contribution in [-0.4, -0.2) is 44.3 Å². The maximum Gasteiger partial charge on any atom is 0.108 e. The lowest BCUT2D eigenvalue weighted by molar-refractivity contribution is -0.0384. The summed E-state index contributed by atoms with van der Waals surface area (Å²) in [6, 6.07) is 0. The first kappa shape index (κ1) is 17.2. The molecule has 0 aliphatic heterocycles. The van der Waals surface area contributed by atoms with Crippen LogP contribution in [0.15, 0.2) is 12.4 Å². The smallest absolute Gasteiger partial charge is 0.108 e. The Kier molecular flexibility index (Phi) is 6.69. The summed E-state index contributed by atoms with van der Waals surface area (Å²) in [6.07, 6.45) is 7.02. The molecule has 1 N–H and O–H groups in total. The van der Waals surface area contributed by atoms with Crippen molar-refractivity contribution in [2.45, 2.75) is 65.0 Å². The van der Waals surface area contributed by atoms with Crippen LogP contribution in [0.3, 0.4) is 0 Å². The third-order valence-electron chi connectivity index (χ3n) is 4.80. The van der Waals surface area contributed by atoms with Gasteiger partial charge in [0, 0.05) is 31.4 Å². The highest BCUT2D eigenvalue weighted by Gasteiger charge is 2.38. The van der Waals surface area contributed by atoms with Crippen LogP contribution in [0.4, 0.5) is 0 Å². The van der Waals surface area contributed by atoms with E-state index in [-0.39, 0.29) is 11.6 Å². The van der Waals surface area contributed by atoms with Crippen molar-refractivity contribution < 1.29 is 5.11 Å². The number of aromatic nitrogens is 2. The van der Waals surface area contributed by atoms with Crippen LogP contribution in [0.1, 0.15) is 52.8 Å². The number of aliphatic hydroxyl groups is 1. The van der Waals surface area contributed by atoms with Crippen molar-refractivity contribution in [3.63, 3.8) is 0 Å². The molecule has 0 spiro atoms. The number of rotatable bonds is 9. The summed E-state index contributed by atoms with van der Waals surface area (Å²) in [5, 5.41) is 10.8. The largest absolute Gasteiger partial charge is 0.391 e. The van der Waals surface area contributed by atoms with Crippen LogP contribution in [-0.2, 0) is 13.5 Å². The lowest BCUT2D eigenvalue weighted by Crippen LogP contribution is -2.56. The van der Waals surface area contributed by atoms with Gasteiger partial charge in [-0.1, -0.05) is 27.7 Å². The second-order valence-electron chi connectivity index (χ2n) is 5.49. The summed E-state index contributed by atoms with van der Waals surface area (Å²) in [6.45, 7) is 10.7. The Balaban J connectivity index is 2.78. The van der Waals surface area contributed by atoms with Crippen molar-refractivity contribution in [3.05, 3.63) is 18.2 Å². The molecule has 1 unspecified atom stereocenters. The van der Waals surface area contributed by atoms with Crippen LogP contribution in [0, 0.1) is 0 Å². The minimum absolute atomic E-state index is 0.103. The lowest BCUT2D eigenvalue weighted by Gasteiger charge is -2.46. The maximum atomic E-state index is 10.8. The number of aryl methyl sites for hydroxylation is 2. The van der Waals surface area contributed by atoms with Gasteiger partial charge in [0.2, 0.25) is 0 Å². The molecule has 0 saturated heterocycles. The Morgan fingerprint density at radius 3 is 2.25 bits per heavy atom. The van der Waals surface area contributed by atoms with Gasteiger partial charge in [-0.15, -0.1) is 0 Å². The minimum Gasteiger partial charge on any atom is -0.391 e. The van der Waals surface area contributed by atoms with E-state index in [1.807, 2.05) is 24.0 Å². The van der Waals surface area contributed by atoms with Gasteiger partial charge in [-0.2, -0.15) is 0 Å². The van der Waals surface area contributed by atoms with Crippen molar-refractivity contribution >= 4 is 0 Å². The van der Waals surface area contributed by atoms with Crippen LogP contribution >= 0.6 is 0 Å². The zero-order valence-corrected chi connectivity index (χ0v) is 13.8. The van der Waals surface area contributed by atoms with Gasteiger partial charge in [0.1, 0.15) is 5.82 Å². The molecule has 1 atom stereocenters. The normalized spacial score (nSPS) is 13.9. The van der Waals surface area contributed by atoms with E-state index < -0.39 is 0 Å². The van der Waals surface area contributed by atoms with Crippen LogP contribution in [0.2, 0.25) is 0 Å². The molecule has 1 heterocycles. The highest BCUT2D eigenvalue weighted by Crippen LogP contribution is 2.30. The molecule has 1 rings (SSSR count). The standard InChI is InChI=1S/C16H31N3O/c1-6-16(7-2,19(8-3)9-4)14(20)10-11-15-17-12-13-18(15)5/h12-14,20H,6-11H2,1-5H3. The molecule has 4 nitrogen and oxygen atoms in total. The molecule has 0 bridgehead atoms. The number of likely N-dealkylation sites (N-methyl/N-ethyl adjacent to an activating group) is 1. The van der Waals surface area contributed by atoms with Crippen molar-refractivity contribution in [1.82, 2.24) is 14.5 Å². The van der Waals surface area contributed by atoms with E-state index >= 15 is 0 Å². The van der Waals surface area contributed by atoms with Gasteiger partial charge < -0.3 is 9.67 Å². The molecule has 1 aromatic heterocycles. The second-order valence-corrected chi connectivity index (χ2v) is 5.49. The van der Waals surface area contributed by atoms with Gasteiger partial charge in [0.05, 0.1) is 6.10 Å². The number of hydrogen-bond acceptors (Lipinski definition) is 3. The molecule has 0 radical (unpaired) electrons. The first-order chi connectivity index (χ1) is 9.55. The Hall–Kier alpha value is -0.870. The van der Waals surface area contributed by atoms with Gasteiger partial charge >= 0.3 is 0 Å². The van der Waals surface area contributed by atoms with Crippen molar-refractivity contribution in [2.75, 3.05) is 13.1 Å². The summed E-state index contributed by atoms with van der Waals surface area (Å²) in [4.78, 5) is 6.76. The molecule has 0 amide bonds. The van der Waals surface area contributed by atoms with Crippen molar-refractivity contribution in [1.29, 1.82) is 0 Å². The fourth-order valence-electron chi connectivity index (χ4n) is 3.40. The molecule has 0 aliphatic carbocycles. The molecule has 20 heavy (non-hydrogen) atoms. The molecule has 0 fully saturated rings. The maximum absolute atomic E-state index is 10.8. The first-order valence-corrected chi connectivity index (χ1v) is 7.94. The summed E-state index contributed by atoms with van der Waals surface area (Å²) >= 11 is 0. The van der Waals surface area contributed by atoms with E-state index in [0.29, 0.717) is 0 Å². The summed E-state index contributed by atoms with van der Waals surface area (Å²) in [5.41, 5.74) is -0.103. The van der Waals surface area contributed by atoms with Crippen molar-refractivity contribution in [2.24, 2.45) is 7.05 Å².